The molecule has 1 aromatic rings. The summed E-state index contributed by atoms with van der Waals surface area (Å²) in [5.41, 5.74) is 3.86. The molecule has 0 N–H and O–H groups in total. The Balaban J connectivity index is 2.79. The Bertz CT molecular complexity index is 266. The molecule has 0 aliphatic carbocycles. The molecule has 0 spiro atoms. The van der Waals surface area contributed by atoms with Gasteiger partial charge in [0.15, 0.2) is 0 Å². The fourth-order valence-electron chi connectivity index (χ4n) is 1.57. The zero-order valence-electron chi connectivity index (χ0n) is 8.93. The fourth-order valence-corrected chi connectivity index (χ4v) is 1.57. The summed E-state index contributed by atoms with van der Waals surface area (Å²) in [6, 6.07) is 4.40. The van der Waals surface area contributed by atoms with E-state index in [-0.39, 0.29) is 0 Å². The molecule has 0 fully saturated rings. The van der Waals surface area contributed by atoms with E-state index in [2.05, 4.69) is 37.9 Å². The van der Waals surface area contributed by atoms with Crippen LogP contribution in [0.15, 0.2) is 12.1 Å². The van der Waals surface area contributed by atoms with E-state index in [0.717, 1.165) is 12.8 Å². The molecule has 1 nitrogen and oxygen atoms in total. The van der Waals surface area contributed by atoms with E-state index in [4.69, 9.17) is 0 Å². The lowest BCUT2D eigenvalue weighted by Gasteiger charge is -2.05. The fraction of sp³-hybridized carbons (Fsp3) is 0.583. The van der Waals surface area contributed by atoms with Gasteiger partial charge in [0.25, 0.3) is 0 Å². The van der Waals surface area contributed by atoms with Crippen LogP contribution in [-0.2, 0) is 12.8 Å². The monoisotopic (exact) mass is 177 g/mol. The van der Waals surface area contributed by atoms with Crippen molar-refractivity contribution in [3.63, 3.8) is 0 Å². The first-order valence-electron chi connectivity index (χ1n) is 5.23. The van der Waals surface area contributed by atoms with Gasteiger partial charge < -0.3 is 0 Å². The molecule has 1 heteroatoms. The van der Waals surface area contributed by atoms with Crippen molar-refractivity contribution in [3.05, 3.63) is 29.1 Å². The highest BCUT2D eigenvalue weighted by atomic mass is 14.7. The molecule has 0 amide bonds. The average molecular weight is 177 g/mol. The molecule has 0 saturated heterocycles. The maximum atomic E-state index is 4.58. The molecule has 1 rings (SSSR count). The van der Waals surface area contributed by atoms with Crippen molar-refractivity contribution in [3.8, 4) is 0 Å². The summed E-state index contributed by atoms with van der Waals surface area (Å²) in [6.07, 6.45) is 4.65. The minimum atomic E-state index is 1.10. The van der Waals surface area contributed by atoms with Crippen LogP contribution in [0.5, 0.6) is 0 Å². The molecule has 0 atom stereocenters. The normalized spacial score (nSPS) is 10.4. The minimum absolute atomic E-state index is 1.10. The first-order chi connectivity index (χ1) is 6.27. The second kappa shape index (κ2) is 5.00. The Hall–Kier alpha value is -0.850. The van der Waals surface area contributed by atoms with Crippen molar-refractivity contribution in [2.24, 2.45) is 0 Å². The maximum absolute atomic E-state index is 4.58. The highest BCUT2D eigenvalue weighted by Crippen LogP contribution is 2.10. The van der Waals surface area contributed by atoms with Crippen molar-refractivity contribution in [2.75, 3.05) is 0 Å². The van der Waals surface area contributed by atoms with Gasteiger partial charge in [-0.15, -0.1) is 0 Å². The van der Waals surface area contributed by atoms with Gasteiger partial charge >= 0.3 is 0 Å². The van der Waals surface area contributed by atoms with Gasteiger partial charge in [-0.05, 0) is 31.4 Å². The molecule has 0 aromatic carbocycles. The molecule has 0 bridgehead atoms. The third-order valence-corrected chi connectivity index (χ3v) is 2.28. The number of hydrogen-bond donors (Lipinski definition) is 0. The molecule has 0 aliphatic heterocycles. The Labute approximate surface area is 81.2 Å². The van der Waals surface area contributed by atoms with Crippen LogP contribution in [0.1, 0.15) is 43.6 Å². The predicted octanol–water partition coefficient (Wildman–Crippen LogP) is 3.30. The molecule has 0 unspecified atom stereocenters. The third-order valence-electron chi connectivity index (χ3n) is 2.28. The van der Waals surface area contributed by atoms with Crippen LogP contribution in [0.25, 0.3) is 0 Å². The Morgan fingerprint density at radius 2 is 1.77 bits per heavy atom. The van der Waals surface area contributed by atoms with Gasteiger partial charge in [0.1, 0.15) is 0 Å². The molecular weight excluding hydrogens is 158 g/mol. The lowest BCUT2D eigenvalue weighted by Crippen LogP contribution is -1.96. The number of pyridine rings is 1. The molecule has 0 aliphatic rings. The predicted molar refractivity (Wildman–Crippen MR) is 57.0 cm³/mol. The minimum Gasteiger partial charge on any atom is -0.258 e. The number of nitrogens with zero attached hydrogens (tertiary/aromatic N) is 1. The number of aromatic nitrogens is 1. The van der Waals surface area contributed by atoms with E-state index < -0.39 is 0 Å². The second-order valence-electron chi connectivity index (χ2n) is 3.55. The number of hydrogen-bond acceptors (Lipinski definition) is 1. The number of rotatable bonds is 4. The molecule has 1 heterocycles. The van der Waals surface area contributed by atoms with E-state index in [1.807, 2.05) is 0 Å². The topological polar surface area (TPSA) is 12.9 Å². The van der Waals surface area contributed by atoms with Crippen LogP contribution < -0.4 is 0 Å². The summed E-state index contributed by atoms with van der Waals surface area (Å²) in [7, 11) is 0. The summed E-state index contributed by atoms with van der Waals surface area (Å²) in [5.74, 6) is 0. The van der Waals surface area contributed by atoms with Crippen molar-refractivity contribution >= 4 is 0 Å². The van der Waals surface area contributed by atoms with Gasteiger partial charge in [0.05, 0.1) is 0 Å². The molecular formula is C12H19N. The Morgan fingerprint density at radius 1 is 1.08 bits per heavy atom. The highest BCUT2D eigenvalue weighted by molar-refractivity contribution is 5.22. The Kier molecular flexibility index (Phi) is 3.94. The molecule has 1 aromatic heterocycles. The lowest BCUT2D eigenvalue weighted by atomic mass is 10.1. The third kappa shape index (κ3) is 2.83. The maximum Gasteiger partial charge on any atom is 0.0407 e. The molecule has 0 radical (unpaired) electrons. The van der Waals surface area contributed by atoms with Gasteiger partial charge in [-0.2, -0.15) is 0 Å². The largest absolute Gasteiger partial charge is 0.258 e. The van der Waals surface area contributed by atoms with E-state index in [9.17, 15) is 0 Å². The molecule has 0 saturated carbocycles. The van der Waals surface area contributed by atoms with Crippen molar-refractivity contribution < 1.29 is 0 Å². The second-order valence-corrected chi connectivity index (χ2v) is 3.55. The van der Waals surface area contributed by atoms with Gasteiger partial charge in [0, 0.05) is 11.4 Å². The zero-order chi connectivity index (χ0) is 9.68. The Morgan fingerprint density at radius 3 is 2.31 bits per heavy atom. The summed E-state index contributed by atoms with van der Waals surface area (Å²) >= 11 is 0. The first-order valence-corrected chi connectivity index (χ1v) is 5.23. The van der Waals surface area contributed by atoms with E-state index in [1.165, 1.54) is 29.8 Å². The molecule has 72 valence electrons. The van der Waals surface area contributed by atoms with Gasteiger partial charge in [-0.1, -0.05) is 32.8 Å². The van der Waals surface area contributed by atoms with Crippen molar-refractivity contribution in [1.82, 2.24) is 4.98 Å². The first kappa shape index (κ1) is 10.2. The SMILES string of the molecule is CCCc1ccc(CCC)c(C)n1. The summed E-state index contributed by atoms with van der Waals surface area (Å²) in [4.78, 5) is 4.58. The van der Waals surface area contributed by atoms with E-state index in [1.54, 1.807) is 0 Å². The number of aryl methyl sites for hydroxylation is 3. The average Bonchev–Trinajstić information content (AvgIpc) is 2.10. The van der Waals surface area contributed by atoms with Crippen molar-refractivity contribution in [1.29, 1.82) is 0 Å². The standard InChI is InChI=1S/C12H19N/c1-4-6-11-8-9-12(7-5-2)13-10(11)3/h8-9H,4-7H2,1-3H3. The van der Waals surface area contributed by atoms with E-state index >= 15 is 0 Å². The van der Waals surface area contributed by atoms with Gasteiger partial charge in [-0.25, -0.2) is 0 Å². The van der Waals surface area contributed by atoms with Crippen LogP contribution in [0, 0.1) is 6.92 Å². The van der Waals surface area contributed by atoms with Crippen LogP contribution in [0.4, 0.5) is 0 Å². The molecule has 13 heavy (non-hydrogen) atoms. The highest BCUT2D eigenvalue weighted by Gasteiger charge is 1.99. The summed E-state index contributed by atoms with van der Waals surface area (Å²) in [5, 5.41) is 0. The van der Waals surface area contributed by atoms with Crippen LogP contribution in [0.3, 0.4) is 0 Å². The van der Waals surface area contributed by atoms with Crippen LogP contribution in [-0.4, -0.2) is 4.98 Å². The summed E-state index contributed by atoms with van der Waals surface area (Å²) < 4.78 is 0. The van der Waals surface area contributed by atoms with Crippen LogP contribution >= 0.6 is 0 Å². The lowest BCUT2D eigenvalue weighted by molar-refractivity contribution is 0.849. The quantitative estimate of drug-likeness (QED) is 0.687. The van der Waals surface area contributed by atoms with Gasteiger partial charge in [-0.3, -0.25) is 4.98 Å². The zero-order valence-corrected chi connectivity index (χ0v) is 8.93. The summed E-state index contributed by atoms with van der Waals surface area (Å²) in [6.45, 7) is 6.51. The van der Waals surface area contributed by atoms with Gasteiger partial charge in [0.2, 0.25) is 0 Å². The smallest absolute Gasteiger partial charge is 0.0407 e. The van der Waals surface area contributed by atoms with Crippen LogP contribution in [0.2, 0.25) is 0 Å². The van der Waals surface area contributed by atoms with Crippen molar-refractivity contribution in [2.45, 2.75) is 46.5 Å². The van der Waals surface area contributed by atoms with E-state index in [0.29, 0.717) is 0 Å².